The molecule has 4 N–H and O–H groups in total. The Labute approximate surface area is 365 Å². The molecule has 7 rings (SSSR count). The Morgan fingerprint density at radius 1 is 0.984 bits per heavy atom. The van der Waals surface area contributed by atoms with Crippen molar-refractivity contribution in [1.82, 2.24) is 30.1 Å². The molecule has 4 heterocycles. The van der Waals surface area contributed by atoms with Gasteiger partial charge in [0.15, 0.2) is 0 Å². The van der Waals surface area contributed by atoms with E-state index in [9.17, 15) is 45.6 Å². The molecule has 0 unspecified atom stereocenters. The van der Waals surface area contributed by atoms with Crippen LogP contribution in [0.3, 0.4) is 0 Å². The van der Waals surface area contributed by atoms with E-state index in [1.807, 2.05) is 0 Å². The third kappa shape index (κ3) is 10.8. The number of sulfonamides is 1. The molecule has 63 heavy (non-hydrogen) atoms. The van der Waals surface area contributed by atoms with Gasteiger partial charge in [0.2, 0.25) is 17.7 Å². The van der Waals surface area contributed by atoms with E-state index >= 15 is 0 Å². The molecule has 1 aliphatic carbocycles. The first-order valence-corrected chi connectivity index (χ1v) is 23.3. The van der Waals surface area contributed by atoms with Gasteiger partial charge in [0.05, 0.1) is 25.3 Å². The first kappa shape index (κ1) is 45.8. The Balaban J connectivity index is 1.13. The summed E-state index contributed by atoms with van der Waals surface area (Å²) in [6.07, 6.45) is 1.88. The van der Waals surface area contributed by atoms with Gasteiger partial charge in [-0.25, -0.2) is 31.1 Å². The van der Waals surface area contributed by atoms with Crippen LogP contribution in [0.4, 0.5) is 23.7 Å². The number of nitrogens with zero attached hydrogens (tertiary/aromatic N) is 3. The van der Waals surface area contributed by atoms with Gasteiger partial charge >= 0.3 is 6.09 Å². The van der Waals surface area contributed by atoms with Crippen molar-refractivity contribution in [2.24, 2.45) is 11.8 Å². The summed E-state index contributed by atoms with van der Waals surface area (Å²) in [5, 5.41) is 8.81. The van der Waals surface area contributed by atoms with Gasteiger partial charge in [-0.3, -0.25) is 29.0 Å². The van der Waals surface area contributed by atoms with Gasteiger partial charge in [-0.05, 0) is 74.9 Å². The minimum absolute atomic E-state index is 0.0222. The fourth-order valence-corrected chi connectivity index (χ4v) is 10.5. The quantitative estimate of drug-likeness (QED) is 0.290. The normalized spacial score (nSPS) is 27.3. The largest absolute Gasteiger partial charge is 0.444 e. The van der Waals surface area contributed by atoms with Gasteiger partial charge in [-0.15, -0.1) is 6.58 Å². The number of para-hydroxylation sites is 1. The molecule has 2 aromatic rings. The summed E-state index contributed by atoms with van der Waals surface area (Å²) >= 11 is 0. The minimum Gasteiger partial charge on any atom is -0.444 e. The number of halogens is 3. The Morgan fingerprint density at radius 3 is 2.46 bits per heavy atom. The SMILES string of the molecule is C=C[C@@H]1C[C@@]12NC(=O)[C@@H]1C[C@@H](OC(=O)N3Cc4cccc(F)c4C3)CN1C(=O)[C@@H](NC(=O)CC1CCN(CC(F)F)CC1)CCCCCCCNc1ccccc1S(=O)(=O)NC2=O. The topological polar surface area (TPSA) is 187 Å². The number of likely N-dealkylation sites (tertiary alicyclic amines) is 1. The molecular formula is C44H56F3N7O8S. The van der Waals surface area contributed by atoms with Crippen LogP contribution in [0.1, 0.15) is 81.8 Å². The van der Waals surface area contributed by atoms with Crippen molar-refractivity contribution in [3.8, 4) is 0 Å². The Hall–Kier alpha value is -5.17. The molecule has 342 valence electrons. The standard InChI is InChI=1S/C44H56F3N7O8S/c1-2-30-23-44(30)42(58)51-63(60,61)37-15-8-7-13-34(37)48-18-9-5-3-4-6-14-35(49-39(55)21-28-16-19-52(20-17-28)27-38(46)47)41(57)54-25-31(22-36(54)40(56)50-44)62-43(59)53-24-29-11-10-12-33(45)32(29)26-53/h2,7-8,10-13,15,28,30-31,35-36,38,48H,1,3-6,9,14,16-27H2,(H,49,55)(H,50,56)(H,51,58)/t30-,31-,35+,36+,44-/m1/s1. The number of benzene rings is 2. The number of ether oxygens (including phenoxy) is 1. The summed E-state index contributed by atoms with van der Waals surface area (Å²) in [6.45, 7) is 4.56. The lowest BCUT2D eigenvalue weighted by Gasteiger charge is -2.32. The molecule has 2 saturated heterocycles. The number of alkyl halides is 2. The molecule has 0 aromatic heterocycles. The van der Waals surface area contributed by atoms with Crippen LogP contribution in [0.25, 0.3) is 0 Å². The highest BCUT2D eigenvalue weighted by atomic mass is 32.2. The minimum atomic E-state index is -4.45. The van der Waals surface area contributed by atoms with Crippen molar-refractivity contribution < 1.29 is 50.3 Å². The fraction of sp³-hybridized carbons (Fsp3) is 0.568. The molecule has 2 aromatic carbocycles. The maximum absolute atomic E-state index is 14.7. The lowest BCUT2D eigenvalue weighted by atomic mass is 9.93. The van der Waals surface area contributed by atoms with E-state index in [0.29, 0.717) is 68.6 Å². The summed E-state index contributed by atoms with van der Waals surface area (Å²) in [5.74, 6) is -3.98. The zero-order chi connectivity index (χ0) is 44.9. The molecule has 5 amide bonds. The number of amides is 5. The highest BCUT2D eigenvalue weighted by molar-refractivity contribution is 7.90. The van der Waals surface area contributed by atoms with Crippen molar-refractivity contribution in [2.75, 3.05) is 38.0 Å². The second-order valence-electron chi connectivity index (χ2n) is 17.4. The molecular weight excluding hydrogens is 844 g/mol. The van der Waals surface area contributed by atoms with Crippen LogP contribution in [-0.2, 0) is 47.0 Å². The van der Waals surface area contributed by atoms with E-state index in [-0.39, 0.29) is 62.7 Å². The average molecular weight is 900 g/mol. The van der Waals surface area contributed by atoms with Crippen LogP contribution in [0.15, 0.2) is 60.0 Å². The number of anilines is 1. The van der Waals surface area contributed by atoms with Crippen molar-refractivity contribution in [3.63, 3.8) is 0 Å². The van der Waals surface area contributed by atoms with Crippen LogP contribution < -0.4 is 20.7 Å². The maximum Gasteiger partial charge on any atom is 0.410 e. The zero-order valence-electron chi connectivity index (χ0n) is 35.2. The lowest BCUT2D eigenvalue weighted by Crippen LogP contribution is -2.58. The number of rotatable bonds is 7. The Morgan fingerprint density at radius 2 is 1.73 bits per heavy atom. The van der Waals surface area contributed by atoms with Crippen molar-refractivity contribution in [3.05, 3.63) is 72.1 Å². The van der Waals surface area contributed by atoms with E-state index in [4.69, 9.17) is 4.74 Å². The zero-order valence-corrected chi connectivity index (χ0v) is 36.0. The van der Waals surface area contributed by atoms with E-state index < -0.39 is 81.6 Å². The number of nitrogens with one attached hydrogen (secondary N) is 4. The molecule has 15 nitrogen and oxygen atoms in total. The summed E-state index contributed by atoms with van der Waals surface area (Å²) in [6, 6.07) is 8.37. The highest BCUT2D eigenvalue weighted by Gasteiger charge is 2.61. The van der Waals surface area contributed by atoms with Gasteiger partial charge in [-0.2, -0.15) is 0 Å². The molecule has 19 heteroatoms. The summed E-state index contributed by atoms with van der Waals surface area (Å²) in [7, 11) is -4.45. The third-order valence-corrected chi connectivity index (χ3v) is 14.3. The smallest absolute Gasteiger partial charge is 0.410 e. The van der Waals surface area contributed by atoms with E-state index in [2.05, 4.69) is 27.3 Å². The first-order chi connectivity index (χ1) is 30.2. The van der Waals surface area contributed by atoms with Crippen LogP contribution in [-0.4, -0.2) is 116 Å². The predicted molar refractivity (Wildman–Crippen MR) is 225 cm³/mol. The van der Waals surface area contributed by atoms with E-state index in [0.717, 1.165) is 12.8 Å². The molecule has 5 aliphatic rings. The highest BCUT2D eigenvalue weighted by Crippen LogP contribution is 2.45. The van der Waals surface area contributed by atoms with Gasteiger partial charge < -0.3 is 25.6 Å². The Kier molecular flexibility index (Phi) is 14.3. The number of fused-ring (bicyclic) bond motifs is 3. The Bertz CT molecular complexity index is 2170. The van der Waals surface area contributed by atoms with Crippen LogP contribution >= 0.6 is 0 Å². The second-order valence-corrected chi connectivity index (χ2v) is 19.0. The average Bonchev–Trinajstić information content (AvgIpc) is 3.53. The van der Waals surface area contributed by atoms with Crippen molar-refractivity contribution >= 4 is 45.4 Å². The lowest BCUT2D eigenvalue weighted by molar-refractivity contribution is -0.142. The van der Waals surface area contributed by atoms with Gasteiger partial charge in [0.25, 0.3) is 22.4 Å². The number of hydrogen-bond donors (Lipinski definition) is 4. The molecule has 0 radical (unpaired) electrons. The summed E-state index contributed by atoms with van der Waals surface area (Å²) < 4.78 is 76.1. The summed E-state index contributed by atoms with van der Waals surface area (Å²) in [5.41, 5.74) is -0.441. The molecule has 5 atom stereocenters. The number of piperidine rings is 1. The molecule has 4 aliphatic heterocycles. The van der Waals surface area contributed by atoms with Gasteiger partial charge in [0, 0.05) is 37.4 Å². The van der Waals surface area contributed by atoms with Crippen LogP contribution in [0, 0.1) is 17.7 Å². The monoisotopic (exact) mass is 899 g/mol. The van der Waals surface area contributed by atoms with Crippen molar-refractivity contribution in [1.29, 1.82) is 0 Å². The van der Waals surface area contributed by atoms with Crippen molar-refractivity contribution in [2.45, 2.75) is 119 Å². The first-order valence-electron chi connectivity index (χ1n) is 21.8. The number of carbonyl (C=O) groups excluding carboxylic acids is 5. The third-order valence-electron chi connectivity index (χ3n) is 13.0. The maximum atomic E-state index is 14.7. The van der Waals surface area contributed by atoms with Gasteiger partial charge in [0.1, 0.15) is 34.4 Å². The second kappa shape index (κ2) is 19.7. The molecule has 1 saturated carbocycles. The molecule has 3 fully saturated rings. The number of hydrogen-bond acceptors (Lipinski definition) is 10. The van der Waals surface area contributed by atoms with Gasteiger partial charge in [-0.1, -0.05) is 56.0 Å². The molecule has 0 bridgehead atoms. The van der Waals surface area contributed by atoms with E-state index in [1.165, 1.54) is 34.1 Å². The molecule has 1 spiro atoms. The predicted octanol–water partition coefficient (Wildman–Crippen LogP) is 4.43. The fourth-order valence-electron chi connectivity index (χ4n) is 9.32. The van der Waals surface area contributed by atoms with Crippen LogP contribution in [0.5, 0.6) is 0 Å². The van der Waals surface area contributed by atoms with E-state index in [1.54, 1.807) is 29.2 Å². The number of carbonyl (C=O) groups is 5. The summed E-state index contributed by atoms with van der Waals surface area (Å²) in [4.78, 5) is 74.5. The van der Waals surface area contributed by atoms with Crippen LogP contribution in [0.2, 0.25) is 0 Å².